The third-order valence-electron chi connectivity index (χ3n) is 3.81. The fraction of sp³-hybridized carbons (Fsp3) is 0.462. The molecule has 0 bridgehead atoms. The molecule has 0 aromatic carbocycles. The van der Waals surface area contributed by atoms with E-state index in [9.17, 15) is 9.59 Å². The number of carbonyl (C=O) groups excluding carboxylic acids is 2. The number of hydrogen-bond acceptors (Lipinski definition) is 5. The lowest BCUT2D eigenvalue weighted by atomic mass is 9.81. The Morgan fingerprint density at radius 3 is 2.25 bits per heavy atom. The second-order valence-corrected chi connectivity index (χ2v) is 5.74. The van der Waals surface area contributed by atoms with Crippen molar-refractivity contribution in [2.45, 2.75) is 38.9 Å². The van der Waals surface area contributed by atoms with Crippen molar-refractivity contribution in [3.05, 3.63) is 23.4 Å². The first-order valence-electron chi connectivity index (χ1n) is 6.29. The van der Waals surface area contributed by atoms with Gasteiger partial charge in [-0.05, 0) is 39.8 Å². The highest BCUT2D eigenvalue weighted by Crippen LogP contribution is 2.36. The predicted octanol–water partition coefficient (Wildman–Crippen LogP) is 0.292. The van der Waals surface area contributed by atoms with Crippen LogP contribution in [0, 0.1) is 0 Å². The number of hydrogen-bond donors (Lipinski definition) is 1. The Hall–Kier alpha value is -1.73. The molecule has 2 rings (SSSR count). The Morgan fingerprint density at radius 2 is 1.80 bits per heavy atom. The number of amides is 1. The molecule has 1 fully saturated rings. The Labute approximate surface area is 117 Å². The SMILES string of the molecule is CC1(C)OB(c2nc(C(N)=O)ccc2C=O)OC1(C)C. The molecule has 7 heteroatoms. The van der Waals surface area contributed by atoms with Gasteiger partial charge in [0.15, 0.2) is 6.29 Å². The van der Waals surface area contributed by atoms with Crippen LogP contribution in [0.5, 0.6) is 0 Å². The standard InChI is InChI=1S/C13H17BN2O4/c1-12(2)13(3,4)20-14(19-12)10-8(7-17)5-6-9(16-10)11(15)18/h5-7H,1-4H3,(H2,15,18). The van der Waals surface area contributed by atoms with Crippen LogP contribution >= 0.6 is 0 Å². The van der Waals surface area contributed by atoms with Crippen molar-refractivity contribution in [3.63, 3.8) is 0 Å². The summed E-state index contributed by atoms with van der Waals surface area (Å²) >= 11 is 0. The van der Waals surface area contributed by atoms with Gasteiger partial charge < -0.3 is 15.0 Å². The van der Waals surface area contributed by atoms with Gasteiger partial charge in [-0.1, -0.05) is 0 Å². The van der Waals surface area contributed by atoms with Gasteiger partial charge in [0.05, 0.1) is 16.8 Å². The largest absolute Gasteiger partial charge is 0.515 e. The van der Waals surface area contributed by atoms with E-state index in [0.717, 1.165) is 0 Å². The molecule has 1 amide bonds. The molecule has 0 spiro atoms. The first kappa shape index (κ1) is 14.7. The molecule has 0 saturated carbocycles. The highest BCUT2D eigenvalue weighted by atomic mass is 16.7. The maximum atomic E-state index is 11.2. The van der Waals surface area contributed by atoms with Gasteiger partial charge in [0.25, 0.3) is 5.91 Å². The summed E-state index contributed by atoms with van der Waals surface area (Å²) in [4.78, 5) is 26.4. The average Bonchev–Trinajstić information content (AvgIpc) is 2.57. The highest BCUT2D eigenvalue weighted by molar-refractivity contribution is 6.62. The quantitative estimate of drug-likeness (QED) is 0.633. The molecular formula is C13H17BN2O4. The Morgan fingerprint density at radius 1 is 1.25 bits per heavy atom. The maximum absolute atomic E-state index is 11.2. The van der Waals surface area contributed by atoms with Crippen LogP contribution in [-0.2, 0) is 9.31 Å². The number of pyridine rings is 1. The van der Waals surface area contributed by atoms with Gasteiger partial charge in [-0.15, -0.1) is 0 Å². The monoisotopic (exact) mass is 276 g/mol. The molecule has 6 nitrogen and oxygen atoms in total. The van der Waals surface area contributed by atoms with E-state index in [2.05, 4.69) is 4.98 Å². The van der Waals surface area contributed by atoms with Crippen molar-refractivity contribution in [1.29, 1.82) is 0 Å². The van der Waals surface area contributed by atoms with E-state index in [1.165, 1.54) is 12.1 Å². The first-order chi connectivity index (χ1) is 9.18. The van der Waals surface area contributed by atoms with Gasteiger partial charge in [0.1, 0.15) is 5.69 Å². The maximum Gasteiger partial charge on any atom is 0.515 e. The Kier molecular flexibility index (Phi) is 3.43. The lowest BCUT2D eigenvalue weighted by Crippen LogP contribution is -2.41. The summed E-state index contributed by atoms with van der Waals surface area (Å²) in [6.45, 7) is 7.58. The Bertz CT molecular complexity index is 555. The number of aromatic nitrogens is 1. The molecule has 1 aliphatic heterocycles. The normalized spacial score (nSPS) is 19.9. The fourth-order valence-corrected chi connectivity index (χ4v) is 1.87. The van der Waals surface area contributed by atoms with Gasteiger partial charge in [0.2, 0.25) is 0 Å². The number of nitrogens with two attached hydrogens (primary N) is 1. The minimum absolute atomic E-state index is 0.0697. The van der Waals surface area contributed by atoms with Crippen molar-refractivity contribution in [1.82, 2.24) is 4.98 Å². The van der Waals surface area contributed by atoms with Crippen molar-refractivity contribution >= 4 is 24.9 Å². The van der Waals surface area contributed by atoms with Crippen molar-refractivity contribution in [2.75, 3.05) is 0 Å². The van der Waals surface area contributed by atoms with E-state index in [4.69, 9.17) is 15.0 Å². The minimum atomic E-state index is -0.806. The van der Waals surface area contributed by atoms with Crippen LogP contribution in [0.1, 0.15) is 48.5 Å². The van der Waals surface area contributed by atoms with Crippen LogP contribution in [0.25, 0.3) is 0 Å². The summed E-state index contributed by atoms with van der Waals surface area (Å²) in [6.07, 6.45) is 0.651. The third kappa shape index (κ3) is 2.34. The summed E-state index contributed by atoms with van der Waals surface area (Å²) in [7, 11) is -0.806. The van der Waals surface area contributed by atoms with Crippen LogP contribution in [0.3, 0.4) is 0 Å². The zero-order valence-electron chi connectivity index (χ0n) is 12.0. The molecule has 106 valence electrons. The van der Waals surface area contributed by atoms with Crippen LogP contribution in [0.2, 0.25) is 0 Å². The molecule has 0 unspecified atom stereocenters. The predicted molar refractivity (Wildman–Crippen MR) is 73.9 cm³/mol. The summed E-state index contributed by atoms with van der Waals surface area (Å²) in [5.74, 6) is -0.666. The topological polar surface area (TPSA) is 91.5 Å². The third-order valence-corrected chi connectivity index (χ3v) is 3.81. The zero-order valence-corrected chi connectivity index (χ0v) is 12.0. The molecule has 0 atom stereocenters. The molecule has 1 saturated heterocycles. The van der Waals surface area contributed by atoms with E-state index >= 15 is 0 Å². The minimum Gasteiger partial charge on any atom is -0.398 e. The van der Waals surface area contributed by atoms with Gasteiger partial charge in [0, 0.05) is 5.56 Å². The smallest absolute Gasteiger partial charge is 0.398 e. The molecule has 0 aliphatic carbocycles. The lowest BCUT2D eigenvalue weighted by Gasteiger charge is -2.32. The summed E-state index contributed by atoms with van der Waals surface area (Å²) in [5, 5.41) is 0. The molecule has 2 N–H and O–H groups in total. The molecule has 1 aromatic heterocycles. The lowest BCUT2D eigenvalue weighted by molar-refractivity contribution is 0.00578. The van der Waals surface area contributed by atoms with E-state index in [0.29, 0.717) is 11.8 Å². The molecule has 20 heavy (non-hydrogen) atoms. The van der Waals surface area contributed by atoms with E-state index < -0.39 is 24.2 Å². The molecule has 0 radical (unpaired) electrons. The number of aldehydes is 1. The molecule has 1 aromatic rings. The van der Waals surface area contributed by atoms with Gasteiger partial charge in [-0.2, -0.15) is 0 Å². The molecular weight excluding hydrogens is 259 g/mol. The number of nitrogens with zero attached hydrogens (tertiary/aromatic N) is 1. The number of carbonyl (C=O) groups is 2. The summed E-state index contributed by atoms with van der Waals surface area (Å²) in [6, 6.07) is 2.89. The molecule has 1 aliphatic rings. The van der Waals surface area contributed by atoms with E-state index in [1.54, 1.807) is 0 Å². The summed E-state index contributed by atoms with van der Waals surface area (Å²) in [5.41, 5.74) is 4.76. The fourth-order valence-electron chi connectivity index (χ4n) is 1.87. The van der Waals surface area contributed by atoms with Crippen LogP contribution in [-0.4, -0.2) is 35.5 Å². The van der Waals surface area contributed by atoms with Crippen molar-refractivity contribution in [2.24, 2.45) is 5.73 Å². The van der Waals surface area contributed by atoms with Crippen LogP contribution < -0.4 is 11.3 Å². The van der Waals surface area contributed by atoms with Crippen molar-refractivity contribution < 1.29 is 18.9 Å². The second-order valence-electron chi connectivity index (χ2n) is 5.74. The van der Waals surface area contributed by atoms with Crippen LogP contribution in [0.4, 0.5) is 0 Å². The van der Waals surface area contributed by atoms with Crippen molar-refractivity contribution in [3.8, 4) is 0 Å². The van der Waals surface area contributed by atoms with E-state index in [-0.39, 0.29) is 11.3 Å². The number of primary amides is 1. The van der Waals surface area contributed by atoms with Crippen LogP contribution in [0.15, 0.2) is 12.1 Å². The van der Waals surface area contributed by atoms with Gasteiger partial charge >= 0.3 is 7.12 Å². The first-order valence-corrected chi connectivity index (χ1v) is 6.29. The summed E-state index contributed by atoms with van der Waals surface area (Å²) < 4.78 is 11.7. The van der Waals surface area contributed by atoms with Gasteiger partial charge in [-0.25, -0.2) is 0 Å². The second kappa shape index (κ2) is 4.68. The van der Waals surface area contributed by atoms with Gasteiger partial charge in [-0.3, -0.25) is 14.6 Å². The average molecular weight is 276 g/mol. The molecule has 2 heterocycles. The highest BCUT2D eigenvalue weighted by Gasteiger charge is 2.53. The number of rotatable bonds is 3. The Balaban J connectivity index is 2.45. The van der Waals surface area contributed by atoms with E-state index in [1.807, 2.05) is 27.7 Å². The zero-order chi connectivity index (χ0) is 15.1.